The minimum atomic E-state index is -0.415. The number of nitrogens with one attached hydrogen (secondary N) is 3. The molecule has 4 bridgehead atoms. The summed E-state index contributed by atoms with van der Waals surface area (Å²) >= 11 is 0. The Labute approximate surface area is 159 Å². The van der Waals surface area contributed by atoms with Gasteiger partial charge < -0.3 is 4.98 Å². The third-order valence-corrected chi connectivity index (χ3v) is 7.03. The Kier molecular flexibility index (Phi) is 4.40. The SMILES string of the molecule is CC(=O)c1c(C)[nH]c(C(=O)NNC(=O)CC23CC4CC(CC(C4)C2)C3)c1C. The zero-order valence-electron chi connectivity index (χ0n) is 16.4. The van der Waals surface area contributed by atoms with Crippen LogP contribution in [0.5, 0.6) is 0 Å². The van der Waals surface area contributed by atoms with Gasteiger partial charge >= 0.3 is 0 Å². The number of amides is 2. The van der Waals surface area contributed by atoms with Gasteiger partial charge in [0, 0.05) is 17.7 Å². The van der Waals surface area contributed by atoms with Crippen molar-refractivity contribution in [3.63, 3.8) is 0 Å². The highest BCUT2D eigenvalue weighted by Gasteiger charge is 2.51. The molecule has 1 aromatic rings. The van der Waals surface area contributed by atoms with Crippen LogP contribution in [0.15, 0.2) is 0 Å². The highest BCUT2D eigenvalue weighted by Crippen LogP contribution is 2.61. The number of H-pyrrole nitrogens is 1. The van der Waals surface area contributed by atoms with Gasteiger partial charge in [0.1, 0.15) is 5.69 Å². The molecule has 2 amide bonds. The van der Waals surface area contributed by atoms with Gasteiger partial charge in [-0.05, 0) is 88.0 Å². The van der Waals surface area contributed by atoms with E-state index in [0.29, 0.717) is 28.9 Å². The summed E-state index contributed by atoms with van der Waals surface area (Å²) in [6.07, 6.45) is 8.04. The molecule has 4 fully saturated rings. The summed E-state index contributed by atoms with van der Waals surface area (Å²) in [6.45, 7) is 5.00. The van der Waals surface area contributed by atoms with Crippen LogP contribution in [-0.2, 0) is 4.79 Å². The Morgan fingerprint density at radius 1 is 1.00 bits per heavy atom. The predicted octanol–water partition coefficient (Wildman–Crippen LogP) is 3.20. The summed E-state index contributed by atoms with van der Waals surface area (Å²) in [5, 5.41) is 0. The van der Waals surface area contributed by atoms with Crippen molar-refractivity contribution in [1.29, 1.82) is 0 Å². The number of carbonyl (C=O) groups excluding carboxylic acids is 3. The topological polar surface area (TPSA) is 91.1 Å². The average molecular weight is 371 g/mol. The molecular formula is C21H29N3O3. The molecule has 1 aromatic heterocycles. The number of hydrazine groups is 1. The van der Waals surface area contributed by atoms with E-state index in [4.69, 9.17) is 0 Å². The van der Waals surface area contributed by atoms with Crippen molar-refractivity contribution in [2.24, 2.45) is 23.2 Å². The fraction of sp³-hybridized carbons (Fsp3) is 0.667. The van der Waals surface area contributed by atoms with E-state index in [1.54, 1.807) is 13.8 Å². The van der Waals surface area contributed by atoms with Crippen molar-refractivity contribution < 1.29 is 14.4 Å². The Bertz CT molecular complexity index is 773. The van der Waals surface area contributed by atoms with E-state index < -0.39 is 5.91 Å². The van der Waals surface area contributed by atoms with E-state index in [9.17, 15) is 14.4 Å². The first kappa shape index (κ1) is 18.3. The van der Waals surface area contributed by atoms with Gasteiger partial charge in [-0.2, -0.15) is 0 Å². The second kappa shape index (κ2) is 6.50. The third-order valence-electron chi connectivity index (χ3n) is 7.03. The summed E-state index contributed by atoms with van der Waals surface area (Å²) in [4.78, 5) is 39.7. The van der Waals surface area contributed by atoms with Gasteiger partial charge in [-0.1, -0.05) is 0 Å². The molecule has 3 N–H and O–H groups in total. The number of hydrogen-bond donors (Lipinski definition) is 3. The van der Waals surface area contributed by atoms with Crippen LogP contribution in [0.4, 0.5) is 0 Å². The number of rotatable bonds is 4. The molecule has 0 saturated heterocycles. The molecule has 1 heterocycles. The molecule has 0 atom stereocenters. The van der Waals surface area contributed by atoms with Gasteiger partial charge in [-0.25, -0.2) is 0 Å². The maximum atomic E-state index is 12.5. The van der Waals surface area contributed by atoms with Gasteiger partial charge in [0.15, 0.2) is 5.78 Å². The molecule has 6 nitrogen and oxygen atoms in total. The summed E-state index contributed by atoms with van der Waals surface area (Å²) in [5.41, 5.74) is 7.42. The Balaban J connectivity index is 1.37. The second-order valence-corrected chi connectivity index (χ2v) is 9.28. The van der Waals surface area contributed by atoms with Crippen molar-refractivity contribution in [3.8, 4) is 0 Å². The largest absolute Gasteiger partial charge is 0.354 e. The van der Waals surface area contributed by atoms with Crippen LogP contribution in [-0.4, -0.2) is 22.6 Å². The van der Waals surface area contributed by atoms with Crippen molar-refractivity contribution in [3.05, 3.63) is 22.5 Å². The lowest BCUT2D eigenvalue weighted by Gasteiger charge is -2.56. The number of ketones is 1. The number of aryl methyl sites for hydroxylation is 1. The van der Waals surface area contributed by atoms with Gasteiger partial charge in [0.2, 0.25) is 5.91 Å². The molecule has 0 unspecified atom stereocenters. The molecule has 0 aromatic carbocycles. The van der Waals surface area contributed by atoms with E-state index in [2.05, 4.69) is 15.8 Å². The highest BCUT2D eigenvalue weighted by molar-refractivity contribution is 6.02. The number of aromatic nitrogens is 1. The highest BCUT2D eigenvalue weighted by atomic mass is 16.2. The molecule has 4 saturated carbocycles. The van der Waals surface area contributed by atoms with Crippen molar-refractivity contribution in [2.75, 3.05) is 0 Å². The number of aromatic amines is 1. The first-order valence-corrected chi connectivity index (χ1v) is 10.1. The summed E-state index contributed by atoms with van der Waals surface area (Å²) in [7, 11) is 0. The van der Waals surface area contributed by atoms with Crippen molar-refractivity contribution in [1.82, 2.24) is 15.8 Å². The predicted molar refractivity (Wildman–Crippen MR) is 101 cm³/mol. The third kappa shape index (κ3) is 3.30. The van der Waals surface area contributed by atoms with Gasteiger partial charge in [0.25, 0.3) is 5.91 Å². The number of Topliss-reactive ketones (excluding diaryl/α,β-unsaturated/α-hetero) is 1. The molecular weight excluding hydrogens is 342 g/mol. The Hall–Kier alpha value is -2.11. The van der Waals surface area contributed by atoms with Crippen molar-refractivity contribution >= 4 is 17.6 Å². The van der Waals surface area contributed by atoms with Crippen LogP contribution in [0.25, 0.3) is 0 Å². The van der Waals surface area contributed by atoms with Gasteiger partial charge in [-0.3, -0.25) is 25.2 Å². The van der Waals surface area contributed by atoms with Gasteiger partial charge in [0.05, 0.1) is 0 Å². The van der Waals surface area contributed by atoms with Crippen molar-refractivity contribution in [2.45, 2.75) is 65.7 Å². The normalized spacial score (nSPS) is 31.0. The lowest BCUT2D eigenvalue weighted by Crippen LogP contribution is -2.50. The van der Waals surface area contributed by atoms with Crippen LogP contribution in [0.2, 0.25) is 0 Å². The van der Waals surface area contributed by atoms with Crippen LogP contribution < -0.4 is 10.9 Å². The van der Waals surface area contributed by atoms with E-state index in [0.717, 1.165) is 37.0 Å². The molecule has 0 spiro atoms. The molecule has 146 valence electrons. The molecule has 4 aliphatic carbocycles. The average Bonchev–Trinajstić information content (AvgIpc) is 2.85. The standard InChI is InChI=1S/C21H29N3O3/c1-11-18(13(3)25)12(2)22-19(11)20(27)24-23-17(26)10-21-7-14-4-15(8-21)6-16(5-14)9-21/h14-16,22H,4-10H2,1-3H3,(H,23,26)(H,24,27). The Morgan fingerprint density at radius 2 is 1.56 bits per heavy atom. The van der Waals surface area contributed by atoms with Crippen LogP contribution in [0.1, 0.15) is 84.0 Å². The maximum Gasteiger partial charge on any atom is 0.286 e. The monoisotopic (exact) mass is 371 g/mol. The first-order chi connectivity index (χ1) is 12.8. The summed E-state index contributed by atoms with van der Waals surface area (Å²) in [5.74, 6) is 1.79. The first-order valence-electron chi connectivity index (χ1n) is 10.1. The zero-order chi connectivity index (χ0) is 19.3. The molecule has 0 aliphatic heterocycles. The lowest BCUT2D eigenvalue weighted by molar-refractivity contribution is -0.130. The lowest BCUT2D eigenvalue weighted by atomic mass is 9.49. The molecule has 6 heteroatoms. The van der Waals surface area contributed by atoms with Crippen LogP contribution in [0.3, 0.4) is 0 Å². The number of carbonyl (C=O) groups is 3. The van der Waals surface area contributed by atoms with E-state index >= 15 is 0 Å². The van der Waals surface area contributed by atoms with Gasteiger partial charge in [-0.15, -0.1) is 0 Å². The minimum Gasteiger partial charge on any atom is -0.354 e. The zero-order valence-corrected chi connectivity index (χ0v) is 16.4. The molecule has 0 radical (unpaired) electrons. The Morgan fingerprint density at radius 3 is 2.04 bits per heavy atom. The second-order valence-electron chi connectivity index (χ2n) is 9.28. The summed E-state index contributed by atoms with van der Waals surface area (Å²) < 4.78 is 0. The quantitative estimate of drug-likeness (QED) is 0.561. The van der Waals surface area contributed by atoms with E-state index in [1.165, 1.54) is 26.2 Å². The van der Waals surface area contributed by atoms with Crippen LogP contribution in [0, 0.1) is 37.0 Å². The van der Waals surface area contributed by atoms with E-state index in [-0.39, 0.29) is 17.1 Å². The molecule has 27 heavy (non-hydrogen) atoms. The smallest absolute Gasteiger partial charge is 0.286 e. The molecule has 5 rings (SSSR count). The van der Waals surface area contributed by atoms with Crippen LogP contribution >= 0.6 is 0 Å². The summed E-state index contributed by atoms with van der Waals surface area (Å²) in [6, 6.07) is 0. The van der Waals surface area contributed by atoms with E-state index in [1.807, 2.05) is 0 Å². The fourth-order valence-corrected chi connectivity index (χ4v) is 6.59. The maximum absolute atomic E-state index is 12.5. The fourth-order valence-electron chi connectivity index (χ4n) is 6.59. The molecule has 4 aliphatic rings. The minimum absolute atomic E-state index is 0.0776. The number of hydrogen-bond acceptors (Lipinski definition) is 3.